The predicted molar refractivity (Wildman–Crippen MR) is 101 cm³/mol. The van der Waals surface area contributed by atoms with Crippen molar-refractivity contribution >= 4 is 5.69 Å². The molecule has 0 saturated heterocycles. The summed E-state index contributed by atoms with van der Waals surface area (Å²) < 4.78 is 0. The van der Waals surface area contributed by atoms with E-state index in [9.17, 15) is 0 Å². The minimum Gasteiger partial charge on any atom is -0.399 e. The van der Waals surface area contributed by atoms with Crippen molar-refractivity contribution in [1.82, 2.24) is 0 Å². The molecule has 0 radical (unpaired) electrons. The summed E-state index contributed by atoms with van der Waals surface area (Å²) in [6.45, 7) is 6.57. The molecule has 0 amide bonds. The summed E-state index contributed by atoms with van der Waals surface area (Å²) in [5.41, 5.74) is 13.2. The molecule has 2 N–H and O–H groups in total. The fourth-order valence-electron chi connectivity index (χ4n) is 2.74. The number of rotatable bonds is 2. The van der Waals surface area contributed by atoms with E-state index in [4.69, 9.17) is 5.73 Å². The van der Waals surface area contributed by atoms with Crippen LogP contribution in [0.15, 0.2) is 72.8 Å². The van der Waals surface area contributed by atoms with Crippen LogP contribution in [0.4, 0.5) is 5.69 Å². The second kappa shape index (κ2) is 8.19. The zero-order valence-electron chi connectivity index (χ0n) is 14.2. The molecule has 0 bridgehead atoms. The lowest BCUT2D eigenvalue weighted by molar-refractivity contribution is 1.11. The molecule has 0 saturated carbocycles. The van der Waals surface area contributed by atoms with Gasteiger partial charge in [-0.1, -0.05) is 66.2 Å². The van der Waals surface area contributed by atoms with Gasteiger partial charge in [-0.3, -0.25) is 0 Å². The van der Waals surface area contributed by atoms with Crippen LogP contribution in [0.3, 0.4) is 0 Å². The van der Waals surface area contributed by atoms with Gasteiger partial charge in [-0.15, -0.1) is 0 Å². The highest BCUT2D eigenvalue weighted by atomic mass is 14.5. The number of hydrogen-bond acceptors (Lipinski definition) is 1. The maximum absolute atomic E-state index is 5.36. The molecule has 0 aliphatic heterocycles. The summed E-state index contributed by atoms with van der Waals surface area (Å²) in [6, 6.07) is 24.7. The average molecular weight is 303 g/mol. The smallest absolute Gasteiger partial charge is 0.0313 e. The molecule has 118 valence electrons. The second-order valence-electron chi connectivity index (χ2n) is 5.95. The molecule has 3 aromatic rings. The number of hydrogen-bond donors (Lipinski definition) is 1. The van der Waals surface area contributed by atoms with Gasteiger partial charge in [-0.2, -0.15) is 0 Å². The van der Waals surface area contributed by atoms with E-state index in [1.54, 1.807) is 0 Å². The van der Waals surface area contributed by atoms with Gasteiger partial charge < -0.3 is 5.73 Å². The Morgan fingerprint density at radius 2 is 1.17 bits per heavy atom. The van der Waals surface area contributed by atoms with E-state index in [-0.39, 0.29) is 0 Å². The van der Waals surface area contributed by atoms with Crippen molar-refractivity contribution in [2.45, 2.75) is 27.2 Å². The van der Waals surface area contributed by atoms with Crippen LogP contribution in [0.2, 0.25) is 0 Å². The summed E-state index contributed by atoms with van der Waals surface area (Å²) in [5, 5.41) is 0. The van der Waals surface area contributed by atoms with Gasteiger partial charge in [0, 0.05) is 5.69 Å². The Morgan fingerprint density at radius 3 is 1.61 bits per heavy atom. The first kappa shape index (κ1) is 16.8. The third-order valence-electron chi connectivity index (χ3n) is 3.86. The minimum absolute atomic E-state index is 0.822. The molecule has 0 aliphatic rings. The lowest BCUT2D eigenvalue weighted by Crippen LogP contribution is -1.96. The first-order valence-electron chi connectivity index (χ1n) is 7.97. The van der Waals surface area contributed by atoms with Gasteiger partial charge in [0.25, 0.3) is 0 Å². The molecule has 0 fully saturated rings. The molecular formula is C22H25N. The number of nitrogen functional groups attached to an aromatic ring is 1. The van der Waals surface area contributed by atoms with E-state index in [0.29, 0.717) is 0 Å². The van der Waals surface area contributed by atoms with E-state index in [0.717, 1.165) is 12.1 Å². The largest absolute Gasteiger partial charge is 0.399 e. The Morgan fingerprint density at radius 1 is 0.696 bits per heavy atom. The van der Waals surface area contributed by atoms with Crippen LogP contribution in [0.5, 0.6) is 0 Å². The van der Waals surface area contributed by atoms with Crippen LogP contribution in [0.1, 0.15) is 27.8 Å². The van der Waals surface area contributed by atoms with Crippen molar-refractivity contribution in [1.29, 1.82) is 0 Å². The van der Waals surface area contributed by atoms with Gasteiger partial charge in [0.2, 0.25) is 0 Å². The molecule has 0 unspecified atom stereocenters. The van der Waals surface area contributed by atoms with E-state index in [1.165, 1.54) is 27.8 Å². The highest BCUT2D eigenvalue weighted by Crippen LogP contribution is 2.19. The fourth-order valence-corrected chi connectivity index (χ4v) is 2.74. The van der Waals surface area contributed by atoms with Crippen molar-refractivity contribution in [2.24, 2.45) is 0 Å². The van der Waals surface area contributed by atoms with Gasteiger partial charge >= 0.3 is 0 Å². The Balaban J connectivity index is 0.000000229. The van der Waals surface area contributed by atoms with Crippen LogP contribution >= 0.6 is 0 Å². The van der Waals surface area contributed by atoms with Crippen molar-refractivity contribution in [3.05, 3.63) is 101 Å². The molecular weight excluding hydrogens is 278 g/mol. The van der Waals surface area contributed by atoms with Gasteiger partial charge in [0.05, 0.1) is 0 Å². The number of aryl methyl sites for hydroxylation is 3. The SMILES string of the molecule is Cc1cc(C)c(Cc2ccccc2)c(C)c1.Nc1ccccc1. The van der Waals surface area contributed by atoms with Crippen molar-refractivity contribution in [3.63, 3.8) is 0 Å². The third kappa shape index (κ3) is 5.30. The zero-order valence-corrected chi connectivity index (χ0v) is 14.2. The third-order valence-corrected chi connectivity index (χ3v) is 3.86. The van der Waals surface area contributed by atoms with E-state index < -0.39 is 0 Å². The Labute approximate surface area is 139 Å². The van der Waals surface area contributed by atoms with Crippen LogP contribution in [-0.2, 0) is 6.42 Å². The molecule has 0 heterocycles. The van der Waals surface area contributed by atoms with Gasteiger partial charge in [-0.05, 0) is 61.6 Å². The number of para-hydroxylation sites is 1. The number of nitrogens with two attached hydrogens (primary N) is 1. The maximum atomic E-state index is 5.36. The van der Waals surface area contributed by atoms with Crippen LogP contribution in [0, 0.1) is 20.8 Å². The monoisotopic (exact) mass is 303 g/mol. The number of benzene rings is 3. The lowest BCUT2D eigenvalue weighted by Gasteiger charge is -2.11. The quantitative estimate of drug-likeness (QED) is 0.624. The topological polar surface area (TPSA) is 26.0 Å². The molecule has 23 heavy (non-hydrogen) atoms. The Bertz CT molecular complexity index is 707. The summed E-state index contributed by atoms with van der Waals surface area (Å²) >= 11 is 0. The van der Waals surface area contributed by atoms with Gasteiger partial charge in [0.15, 0.2) is 0 Å². The second-order valence-corrected chi connectivity index (χ2v) is 5.95. The normalized spacial score (nSPS) is 9.87. The van der Waals surface area contributed by atoms with Gasteiger partial charge in [0.1, 0.15) is 0 Å². The van der Waals surface area contributed by atoms with Crippen molar-refractivity contribution in [3.8, 4) is 0 Å². The van der Waals surface area contributed by atoms with Crippen molar-refractivity contribution < 1.29 is 0 Å². The van der Waals surface area contributed by atoms with E-state index >= 15 is 0 Å². The van der Waals surface area contributed by atoms with Crippen LogP contribution in [-0.4, -0.2) is 0 Å². The van der Waals surface area contributed by atoms with Crippen LogP contribution in [0.25, 0.3) is 0 Å². The standard InChI is InChI=1S/C16H18.C6H7N/c1-12-9-13(2)16(14(3)10-12)11-15-7-5-4-6-8-15;7-6-4-2-1-3-5-6/h4-10H,11H2,1-3H3;1-5H,7H2. The van der Waals surface area contributed by atoms with Crippen LogP contribution < -0.4 is 5.73 Å². The van der Waals surface area contributed by atoms with E-state index in [1.807, 2.05) is 30.3 Å². The summed E-state index contributed by atoms with van der Waals surface area (Å²) in [7, 11) is 0. The molecule has 3 aromatic carbocycles. The summed E-state index contributed by atoms with van der Waals surface area (Å²) in [5.74, 6) is 0. The van der Waals surface area contributed by atoms with Gasteiger partial charge in [-0.25, -0.2) is 0 Å². The molecule has 3 rings (SSSR count). The first-order chi connectivity index (χ1) is 11.1. The molecule has 0 aliphatic carbocycles. The first-order valence-corrected chi connectivity index (χ1v) is 7.97. The fraction of sp³-hybridized carbons (Fsp3) is 0.182. The Kier molecular flexibility index (Phi) is 5.99. The highest BCUT2D eigenvalue weighted by molar-refractivity contribution is 5.40. The van der Waals surface area contributed by atoms with Crippen molar-refractivity contribution in [2.75, 3.05) is 5.73 Å². The number of anilines is 1. The maximum Gasteiger partial charge on any atom is 0.0313 e. The zero-order chi connectivity index (χ0) is 16.7. The molecule has 1 heteroatoms. The molecule has 0 aromatic heterocycles. The minimum atomic E-state index is 0.822. The lowest BCUT2D eigenvalue weighted by atomic mass is 9.94. The average Bonchev–Trinajstić information content (AvgIpc) is 2.53. The molecule has 0 atom stereocenters. The Hall–Kier alpha value is -2.54. The summed E-state index contributed by atoms with van der Waals surface area (Å²) in [6.07, 6.45) is 1.04. The molecule has 1 nitrogen and oxygen atoms in total. The molecule has 0 spiro atoms. The van der Waals surface area contributed by atoms with E-state index in [2.05, 4.69) is 63.2 Å². The predicted octanol–water partition coefficient (Wildman–Crippen LogP) is 5.47. The highest BCUT2D eigenvalue weighted by Gasteiger charge is 2.04. The summed E-state index contributed by atoms with van der Waals surface area (Å²) in [4.78, 5) is 0.